The first-order valence-corrected chi connectivity index (χ1v) is 11.0. The topological polar surface area (TPSA) is 102 Å². The van der Waals surface area contributed by atoms with Gasteiger partial charge in [0.05, 0.1) is 35.3 Å². The smallest absolute Gasteiger partial charge is 0.339 e. The number of amides is 1. The third kappa shape index (κ3) is 4.43. The molecule has 0 unspecified atom stereocenters. The van der Waals surface area contributed by atoms with E-state index in [9.17, 15) is 18.0 Å². The lowest BCUT2D eigenvalue weighted by Gasteiger charge is -2.17. The molecular weight excluding hydrogens is 432 g/mol. The molecule has 0 atom stereocenters. The molecule has 0 radical (unpaired) electrons. The highest BCUT2D eigenvalue weighted by Crippen LogP contribution is 2.28. The molecule has 1 saturated heterocycles. The van der Waals surface area contributed by atoms with Crippen LogP contribution in [0.5, 0.6) is 5.75 Å². The molecule has 8 nitrogen and oxygen atoms in total. The minimum Gasteiger partial charge on any atom is -0.496 e. The van der Waals surface area contributed by atoms with Crippen molar-refractivity contribution < 1.29 is 27.5 Å². The van der Waals surface area contributed by atoms with Gasteiger partial charge in [-0.3, -0.25) is 4.79 Å². The highest BCUT2D eigenvalue weighted by atomic mass is 35.5. The predicted octanol–water partition coefficient (Wildman–Crippen LogP) is 3.17. The molecule has 0 bridgehead atoms. The molecule has 1 aliphatic heterocycles. The molecule has 1 fully saturated rings. The van der Waals surface area contributed by atoms with Gasteiger partial charge in [-0.15, -0.1) is 0 Å². The fourth-order valence-corrected chi connectivity index (χ4v) is 4.91. The van der Waals surface area contributed by atoms with Gasteiger partial charge in [-0.05, 0) is 49.2 Å². The lowest BCUT2D eigenvalue weighted by atomic mass is 10.1. The Kier molecular flexibility index (Phi) is 6.64. The zero-order valence-electron chi connectivity index (χ0n) is 16.5. The van der Waals surface area contributed by atoms with Gasteiger partial charge in [0.15, 0.2) is 0 Å². The number of carbonyl (C=O) groups excluding carboxylic acids is 2. The second kappa shape index (κ2) is 9.03. The zero-order chi connectivity index (χ0) is 21.9. The van der Waals surface area contributed by atoms with Crippen molar-refractivity contribution in [1.82, 2.24) is 4.31 Å². The molecule has 1 N–H and O–H groups in total. The summed E-state index contributed by atoms with van der Waals surface area (Å²) in [6.07, 6.45) is 1.61. The van der Waals surface area contributed by atoms with Crippen LogP contribution in [-0.2, 0) is 14.8 Å². The van der Waals surface area contributed by atoms with Crippen LogP contribution in [0.15, 0.2) is 41.3 Å². The number of sulfonamides is 1. The molecule has 0 aromatic heterocycles. The van der Waals surface area contributed by atoms with Gasteiger partial charge in [-0.1, -0.05) is 11.6 Å². The zero-order valence-corrected chi connectivity index (χ0v) is 18.0. The number of nitrogens with zero attached hydrogens (tertiary/aromatic N) is 1. The number of ether oxygens (including phenoxy) is 2. The molecular formula is C20H21ClN2O6S. The predicted molar refractivity (Wildman–Crippen MR) is 112 cm³/mol. The van der Waals surface area contributed by atoms with Crippen molar-refractivity contribution in [3.8, 4) is 5.75 Å². The molecule has 0 spiro atoms. The van der Waals surface area contributed by atoms with Crippen LogP contribution in [0.3, 0.4) is 0 Å². The van der Waals surface area contributed by atoms with E-state index >= 15 is 0 Å². The Bertz CT molecular complexity index is 1080. The van der Waals surface area contributed by atoms with E-state index in [1.54, 1.807) is 0 Å². The van der Waals surface area contributed by atoms with E-state index in [0.29, 0.717) is 18.8 Å². The molecule has 0 saturated carbocycles. The Morgan fingerprint density at radius 3 is 2.37 bits per heavy atom. The largest absolute Gasteiger partial charge is 0.496 e. The summed E-state index contributed by atoms with van der Waals surface area (Å²) in [7, 11) is -1.09. The van der Waals surface area contributed by atoms with Gasteiger partial charge in [0.1, 0.15) is 5.75 Å². The van der Waals surface area contributed by atoms with Gasteiger partial charge in [0, 0.05) is 18.8 Å². The number of methoxy groups -OCH3 is 2. The second-order valence-corrected chi connectivity index (χ2v) is 8.96. The maximum Gasteiger partial charge on any atom is 0.339 e. The minimum absolute atomic E-state index is 0.0155. The molecule has 1 heterocycles. The van der Waals surface area contributed by atoms with E-state index < -0.39 is 21.9 Å². The summed E-state index contributed by atoms with van der Waals surface area (Å²) in [5.41, 5.74) is 0.432. The highest BCUT2D eigenvalue weighted by molar-refractivity contribution is 7.89. The Balaban J connectivity index is 1.93. The van der Waals surface area contributed by atoms with Crippen molar-refractivity contribution in [2.75, 3.05) is 32.6 Å². The normalized spacial score (nSPS) is 14.4. The molecule has 0 aliphatic carbocycles. The first kappa shape index (κ1) is 22.1. The first-order chi connectivity index (χ1) is 14.3. The molecule has 2 aromatic carbocycles. The third-order valence-electron chi connectivity index (χ3n) is 4.75. The third-order valence-corrected chi connectivity index (χ3v) is 6.97. The lowest BCUT2D eigenvalue weighted by molar-refractivity contribution is 0.0600. The maximum atomic E-state index is 12.9. The number of benzene rings is 2. The van der Waals surface area contributed by atoms with Crippen molar-refractivity contribution in [3.63, 3.8) is 0 Å². The molecule has 30 heavy (non-hydrogen) atoms. The summed E-state index contributed by atoms with van der Waals surface area (Å²) in [4.78, 5) is 24.7. The monoisotopic (exact) mass is 452 g/mol. The van der Waals surface area contributed by atoms with Crippen LogP contribution in [0.1, 0.15) is 33.6 Å². The first-order valence-electron chi connectivity index (χ1n) is 9.15. The number of hydrogen-bond donors (Lipinski definition) is 1. The second-order valence-electron chi connectivity index (χ2n) is 6.61. The van der Waals surface area contributed by atoms with Crippen LogP contribution in [0.2, 0.25) is 5.02 Å². The number of carbonyl (C=O) groups is 2. The van der Waals surface area contributed by atoms with Crippen LogP contribution in [0, 0.1) is 0 Å². The Hall–Kier alpha value is -2.62. The molecule has 1 aliphatic rings. The molecule has 160 valence electrons. The Labute approximate surface area is 179 Å². The number of hydrogen-bond acceptors (Lipinski definition) is 6. The lowest BCUT2D eigenvalue weighted by Crippen LogP contribution is -2.28. The SMILES string of the molecule is COC(=O)c1cc(NC(=O)c2cc(S(=O)(=O)N3CCCC3)ccc2OC)ccc1Cl. The van der Waals surface area contributed by atoms with Crippen LogP contribution in [-0.4, -0.2) is 51.9 Å². The van der Waals surface area contributed by atoms with E-state index in [-0.39, 0.29) is 26.8 Å². The summed E-state index contributed by atoms with van der Waals surface area (Å²) < 4.78 is 37.0. The maximum absolute atomic E-state index is 12.9. The van der Waals surface area contributed by atoms with Gasteiger partial charge in [-0.25, -0.2) is 13.2 Å². The minimum atomic E-state index is -3.70. The van der Waals surface area contributed by atoms with Crippen molar-refractivity contribution >= 4 is 39.2 Å². The van der Waals surface area contributed by atoms with Crippen LogP contribution < -0.4 is 10.1 Å². The van der Waals surface area contributed by atoms with E-state index in [4.69, 9.17) is 16.3 Å². The average Bonchev–Trinajstić information content (AvgIpc) is 3.29. The number of rotatable bonds is 6. The number of halogens is 1. The fraction of sp³-hybridized carbons (Fsp3) is 0.300. The van der Waals surface area contributed by atoms with Gasteiger partial charge < -0.3 is 14.8 Å². The van der Waals surface area contributed by atoms with Crippen molar-refractivity contribution in [3.05, 3.63) is 52.5 Å². The van der Waals surface area contributed by atoms with Crippen LogP contribution in [0.25, 0.3) is 0 Å². The number of anilines is 1. The van der Waals surface area contributed by atoms with Crippen molar-refractivity contribution in [1.29, 1.82) is 0 Å². The number of esters is 1. The number of nitrogens with one attached hydrogen (secondary N) is 1. The Morgan fingerprint density at radius 1 is 1.03 bits per heavy atom. The van der Waals surface area contributed by atoms with Gasteiger partial charge in [0.25, 0.3) is 5.91 Å². The van der Waals surface area contributed by atoms with Crippen LogP contribution >= 0.6 is 11.6 Å². The molecule has 10 heteroatoms. The van der Waals surface area contributed by atoms with Crippen molar-refractivity contribution in [2.45, 2.75) is 17.7 Å². The summed E-state index contributed by atoms with van der Waals surface area (Å²) in [5, 5.41) is 2.81. The molecule has 2 aromatic rings. The fourth-order valence-electron chi connectivity index (χ4n) is 3.17. The van der Waals surface area contributed by atoms with Gasteiger partial charge >= 0.3 is 5.97 Å². The summed E-state index contributed by atoms with van der Waals surface area (Å²) in [6.45, 7) is 0.911. The van der Waals surface area contributed by atoms with E-state index in [1.165, 1.54) is 54.9 Å². The highest BCUT2D eigenvalue weighted by Gasteiger charge is 2.28. The summed E-state index contributed by atoms with van der Waals surface area (Å²) >= 11 is 6.00. The van der Waals surface area contributed by atoms with Gasteiger partial charge in [-0.2, -0.15) is 4.31 Å². The quantitative estimate of drug-likeness (QED) is 0.675. The average molecular weight is 453 g/mol. The molecule has 1 amide bonds. The Morgan fingerprint density at radius 2 is 1.73 bits per heavy atom. The van der Waals surface area contributed by atoms with E-state index in [1.807, 2.05) is 0 Å². The molecule has 3 rings (SSSR count). The van der Waals surface area contributed by atoms with E-state index in [0.717, 1.165) is 12.8 Å². The van der Waals surface area contributed by atoms with E-state index in [2.05, 4.69) is 10.1 Å². The van der Waals surface area contributed by atoms with Gasteiger partial charge in [0.2, 0.25) is 10.0 Å². The standard InChI is InChI=1S/C20H21ClN2O6S/c1-28-18-8-6-14(30(26,27)23-9-3-4-10-23)12-16(18)19(24)22-13-5-7-17(21)15(11-13)20(25)29-2/h5-8,11-12H,3-4,9-10H2,1-2H3,(H,22,24). The summed E-state index contributed by atoms with van der Waals surface area (Å²) in [5.74, 6) is -1.02. The van der Waals surface area contributed by atoms with Crippen molar-refractivity contribution in [2.24, 2.45) is 0 Å². The van der Waals surface area contributed by atoms with Crippen LogP contribution in [0.4, 0.5) is 5.69 Å². The summed E-state index contributed by atoms with van der Waals surface area (Å²) in [6, 6.07) is 8.50.